The fourth-order valence-electron chi connectivity index (χ4n) is 4.32. The van der Waals surface area contributed by atoms with Gasteiger partial charge in [0, 0.05) is 5.56 Å². The lowest BCUT2D eigenvalue weighted by Crippen LogP contribution is -2.29. The van der Waals surface area contributed by atoms with Crippen LogP contribution in [0.5, 0.6) is 17.2 Å². The van der Waals surface area contributed by atoms with E-state index >= 15 is 0 Å². The Kier molecular flexibility index (Phi) is 11.0. The Hall–Kier alpha value is -4.79. The monoisotopic (exact) mass is 608 g/mol. The Bertz CT molecular complexity index is 1530. The maximum atomic E-state index is 13.3. The zero-order chi connectivity index (χ0) is 31.5. The van der Waals surface area contributed by atoms with Crippen LogP contribution < -0.4 is 14.2 Å². The lowest BCUT2D eigenvalue weighted by atomic mass is 10.1. The Morgan fingerprint density at radius 1 is 0.864 bits per heavy atom. The number of halogens is 4. The lowest BCUT2D eigenvalue weighted by molar-refractivity contribution is -0.151. The molecule has 0 aliphatic heterocycles. The number of methoxy groups -OCH3 is 1. The van der Waals surface area contributed by atoms with E-state index in [4.69, 9.17) is 18.9 Å². The predicted octanol–water partition coefficient (Wildman–Crippen LogP) is 8.90. The molecule has 0 aliphatic carbocycles. The van der Waals surface area contributed by atoms with E-state index in [1.54, 1.807) is 56.5 Å². The van der Waals surface area contributed by atoms with Crippen LogP contribution in [0.4, 0.5) is 17.6 Å². The number of allylic oxidation sites excluding steroid dienone is 1. The summed E-state index contributed by atoms with van der Waals surface area (Å²) in [6.45, 7) is 2.01. The molecule has 230 valence electrons. The van der Waals surface area contributed by atoms with E-state index in [1.807, 2.05) is 24.3 Å². The molecular formula is C35H32F4O5. The zero-order valence-corrected chi connectivity index (χ0v) is 24.3. The molecule has 0 spiro atoms. The molecule has 0 amide bonds. The second kappa shape index (κ2) is 15.1. The van der Waals surface area contributed by atoms with Crippen LogP contribution >= 0.6 is 0 Å². The van der Waals surface area contributed by atoms with Crippen molar-refractivity contribution in [2.45, 2.75) is 38.7 Å². The molecule has 0 heterocycles. The Balaban J connectivity index is 1.40. The Morgan fingerprint density at radius 2 is 1.50 bits per heavy atom. The van der Waals surface area contributed by atoms with Crippen molar-refractivity contribution < 1.29 is 41.3 Å². The van der Waals surface area contributed by atoms with Crippen molar-refractivity contribution in [3.8, 4) is 28.4 Å². The van der Waals surface area contributed by atoms with Gasteiger partial charge in [-0.05, 0) is 91.1 Å². The van der Waals surface area contributed by atoms with Gasteiger partial charge in [0.25, 0.3) is 0 Å². The first-order chi connectivity index (χ1) is 21.2. The summed E-state index contributed by atoms with van der Waals surface area (Å²) in [6.07, 6.45) is -0.762. The first-order valence-corrected chi connectivity index (χ1v) is 14.0. The van der Waals surface area contributed by atoms with Crippen molar-refractivity contribution >= 4 is 12.0 Å². The molecule has 0 bridgehead atoms. The molecule has 44 heavy (non-hydrogen) atoms. The van der Waals surface area contributed by atoms with Gasteiger partial charge in [-0.25, -0.2) is 9.18 Å². The quantitative estimate of drug-likeness (QED) is 0.112. The number of carbonyl (C=O) groups is 1. The van der Waals surface area contributed by atoms with E-state index in [2.05, 4.69) is 0 Å². The molecule has 0 saturated heterocycles. The van der Waals surface area contributed by atoms with Gasteiger partial charge in [-0.2, -0.15) is 13.2 Å². The lowest BCUT2D eigenvalue weighted by Gasteiger charge is -2.17. The van der Waals surface area contributed by atoms with Crippen molar-refractivity contribution in [2.75, 3.05) is 13.7 Å². The van der Waals surface area contributed by atoms with E-state index in [9.17, 15) is 22.4 Å². The number of hydrogen-bond acceptors (Lipinski definition) is 5. The van der Waals surface area contributed by atoms with Crippen LogP contribution in [0.15, 0.2) is 97.1 Å². The minimum atomic E-state index is -4.40. The number of rotatable bonds is 13. The molecule has 0 saturated carbocycles. The molecule has 0 N–H and O–H groups in total. The molecule has 1 unspecified atom stereocenters. The smallest absolute Gasteiger partial charge is 0.416 e. The van der Waals surface area contributed by atoms with Crippen molar-refractivity contribution in [1.82, 2.24) is 0 Å². The molecule has 4 rings (SSSR count). The van der Waals surface area contributed by atoms with E-state index in [0.717, 1.165) is 23.3 Å². The van der Waals surface area contributed by atoms with Crippen LogP contribution in [-0.4, -0.2) is 25.8 Å². The fourth-order valence-corrected chi connectivity index (χ4v) is 4.32. The van der Waals surface area contributed by atoms with E-state index in [0.29, 0.717) is 41.2 Å². The molecule has 9 heteroatoms. The van der Waals surface area contributed by atoms with Crippen LogP contribution in [0.1, 0.15) is 36.5 Å². The van der Waals surface area contributed by atoms with Crippen LogP contribution in [0, 0.1) is 5.82 Å². The maximum absolute atomic E-state index is 13.3. The van der Waals surface area contributed by atoms with Crippen LogP contribution in [-0.2, 0) is 22.3 Å². The summed E-state index contributed by atoms with van der Waals surface area (Å²) in [6, 6.07) is 23.4. The molecule has 4 aromatic rings. The summed E-state index contributed by atoms with van der Waals surface area (Å²) in [5.74, 6) is 0.813. The number of benzene rings is 4. The highest BCUT2D eigenvalue weighted by Crippen LogP contribution is 2.30. The summed E-state index contributed by atoms with van der Waals surface area (Å²) in [5.41, 5.74) is 2.29. The van der Waals surface area contributed by atoms with Crippen molar-refractivity contribution in [3.05, 3.63) is 120 Å². The number of alkyl halides is 3. The normalized spacial score (nSPS) is 12.1. The molecule has 0 radical (unpaired) electrons. The largest absolute Gasteiger partial charge is 0.497 e. The third-order valence-electron chi connectivity index (χ3n) is 6.65. The Labute approximate surface area is 253 Å². The number of ether oxygens (including phenoxy) is 4. The fraction of sp³-hybridized carbons (Fsp3) is 0.229. The Morgan fingerprint density at radius 3 is 2.11 bits per heavy atom. The van der Waals surface area contributed by atoms with Crippen LogP contribution in [0.25, 0.3) is 17.2 Å². The highest BCUT2D eigenvalue weighted by atomic mass is 19.4. The average Bonchev–Trinajstić information content (AvgIpc) is 3.02. The molecular weight excluding hydrogens is 576 g/mol. The first-order valence-electron chi connectivity index (χ1n) is 14.0. The molecule has 1 atom stereocenters. The maximum Gasteiger partial charge on any atom is 0.416 e. The summed E-state index contributed by atoms with van der Waals surface area (Å²) >= 11 is 0. The minimum absolute atomic E-state index is 0.0734. The minimum Gasteiger partial charge on any atom is -0.497 e. The van der Waals surface area contributed by atoms with Crippen LogP contribution in [0.2, 0.25) is 0 Å². The summed E-state index contributed by atoms with van der Waals surface area (Å²) in [5, 5.41) is 0. The molecule has 0 aromatic heterocycles. The van der Waals surface area contributed by atoms with Gasteiger partial charge in [-0.3, -0.25) is 0 Å². The van der Waals surface area contributed by atoms with E-state index < -0.39 is 23.8 Å². The van der Waals surface area contributed by atoms with Gasteiger partial charge >= 0.3 is 12.1 Å². The van der Waals surface area contributed by atoms with E-state index in [1.165, 1.54) is 24.3 Å². The molecule has 0 fully saturated rings. The molecule has 0 aliphatic rings. The average molecular weight is 609 g/mol. The molecule has 4 aromatic carbocycles. The highest BCUT2D eigenvalue weighted by molar-refractivity contribution is 5.75. The predicted molar refractivity (Wildman–Crippen MR) is 160 cm³/mol. The van der Waals surface area contributed by atoms with Gasteiger partial charge in [0.1, 0.15) is 29.7 Å². The van der Waals surface area contributed by atoms with Gasteiger partial charge in [0.15, 0.2) is 6.10 Å². The van der Waals surface area contributed by atoms with Crippen molar-refractivity contribution in [2.24, 2.45) is 0 Å². The summed E-state index contributed by atoms with van der Waals surface area (Å²) < 4.78 is 74.3. The molecule has 5 nitrogen and oxygen atoms in total. The zero-order valence-electron chi connectivity index (χ0n) is 24.3. The van der Waals surface area contributed by atoms with E-state index in [-0.39, 0.29) is 19.0 Å². The summed E-state index contributed by atoms with van der Waals surface area (Å²) in [4.78, 5) is 12.7. The number of hydrogen-bond donors (Lipinski definition) is 0. The first kappa shape index (κ1) is 32.1. The summed E-state index contributed by atoms with van der Waals surface area (Å²) in [7, 11) is 1.54. The van der Waals surface area contributed by atoms with Crippen molar-refractivity contribution in [1.29, 1.82) is 0 Å². The van der Waals surface area contributed by atoms with Crippen molar-refractivity contribution in [3.63, 3.8) is 0 Å². The number of esters is 1. The SMILES string of the molecule is CCOC(=O)C(CC/C=C/c1cc(OC)ccc1OCc1ccc(C(F)(F)F)cc1)Oc1ccc(-c2ccc(F)cc2)cc1. The highest BCUT2D eigenvalue weighted by Gasteiger charge is 2.30. The third-order valence-corrected chi connectivity index (χ3v) is 6.65. The van der Waals surface area contributed by atoms with Gasteiger partial charge in [-0.1, -0.05) is 48.6 Å². The number of carbonyl (C=O) groups excluding carboxylic acids is 1. The second-order valence-electron chi connectivity index (χ2n) is 9.76. The van der Waals surface area contributed by atoms with Gasteiger partial charge < -0.3 is 18.9 Å². The van der Waals surface area contributed by atoms with Gasteiger partial charge in [0.05, 0.1) is 19.3 Å². The third kappa shape index (κ3) is 9.10. The van der Waals surface area contributed by atoms with Crippen LogP contribution in [0.3, 0.4) is 0 Å². The standard InChI is InChI=1S/C35H32F4O5/c1-3-42-34(40)33(44-30-18-12-26(13-19-30)25-10-16-29(36)17-11-25)7-5-4-6-27-22-31(41-2)20-21-32(27)43-23-24-8-14-28(15-9-24)35(37,38)39/h4,6,8-22,33H,3,5,7,23H2,1-2H3/b6-4+. The van der Waals surface area contributed by atoms with Gasteiger partial charge in [-0.15, -0.1) is 0 Å². The topological polar surface area (TPSA) is 54.0 Å². The second-order valence-corrected chi connectivity index (χ2v) is 9.76. The van der Waals surface area contributed by atoms with Gasteiger partial charge in [0.2, 0.25) is 0 Å².